The Hall–Kier alpha value is -2.96. The Kier molecular flexibility index (Phi) is 3.92. The van der Waals surface area contributed by atoms with Gasteiger partial charge in [0.05, 0.1) is 11.8 Å². The van der Waals surface area contributed by atoms with E-state index in [1.165, 1.54) is 6.20 Å². The summed E-state index contributed by atoms with van der Waals surface area (Å²) in [6, 6.07) is 7.54. The van der Waals surface area contributed by atoms with E-state index in [0.29, 0.717) is 16.8 Å². The van der Waals surface area contributed by atoms with E-state index in [1.54, 1.807) is 6.07 Å². The molecule has 3 rings (SSSR count). The number of hydrogen-bond acceptors (Lipinski definition) is 7. The molecule has 0 atom stereocenters. The van der Waals surface area contributed by atoms with Gasteiger partial charge in [-0.15, -0.1) is 5.10 Å². The number of nitrogens with zero attached hydrogens (tertiary/aromatic N) is 4. The Morgan fingerprint density at radius 3 is 2.70 bits per heavy atom. The van der Waals surface area contributed by atoms with Crippen LogP contribution in [0.2, 0.25) is 0 Å². The number of nitrogen functional groups attached to an aromatic ring is 1. The van der Waals surface area contributed by atoms with Crippen LogP contribution in [0.15, 0.2) is 39.7 Å². The van der Waals surface area contributed by atoms with Gasteiger partial charge in [0.2, 0.25) is 5.95 Å². The third kappa shape index (κ3) is 2.85. The minimum absolute atomic E-state index is 0.0129. The van der Waals surface area contributed by atoms with Crippen LogP contribution in [0.5, 0.6) is 0 Å². The van der Waals surface area contributed by atoms with Crippen molar-refractivity contribution in [1.82, 2.24) is 15.2 Å². The highest BCUT2D eigenvalue weighted by Gasteiger charge is 2.11. The van der Waals surface area contributed by atoms with E-state index in [2.05, 4.69) is 33.9 Å². The molecule has 0 radical (unpaired) electrons. The molecule has 0 amide bonds. The molecule has 0 aliphatic carbocycles. The topological polar surface area (TPSA) is 98.1 Å². The molecule has 2 aromatic heterocycles. The van der Waals surface area contributed by atoms with Crippen LogP contribution in [0.4, 0.5) is 11.6 Å². The highest BCUT2D eigenvalue weighted by atomic mass is 16.4. The van der Waals surface area contributed by atoms with Crippen LogP contribution >= 0.6 is 0 Å². The van der Waals surface area contributed by atoms with E-state index in [-0.39, 0.29) is 5.95 Å². The smallest absolute Gasteiger partial charge is 0.345 e. The van der Waals surface area contributed by atoms with Crippen molar-refractivity contribution in [1.29, 1.82) is 0 Å². The van der Waals surface area contributed by atoms with Crippen molar-refractivity contribution in [2.45, 2.75) is 13.8 Å². The van der Waals surface area contributed by atoms with Crippen LogP contribution in [-0.2, 0) is 0 Å². The van der Waals surface area contributed by atoms with Crippen molar-refractivity contribution in [3.8, 4) is 11.3 Å². The quantitative estimate of drug-likeness (QED) is 0.736. The standard InChI is InChI=1S/C16H17N5O2/c1-3-21(4-2)11-6-5-10-7-12(15(22)23-14(10)8-11)13-9-18-20-16(17)19-13/h5-9H,3-4H2,1-2H3,(H2,17,19,20). The molecular formula is C16H17N5O2. The summed E-state index contributed by atoms with van der Waals surface area (Å²) in [4.78, 5) is 18.5. The van der Waals surface area contributed by atoms with Gasteiger partial charge in [0, 0.05) is 30.2 Å². The van der Waals surface area contributed by atoms with Crippen molar-refractivity contribution in [2.24, 2.45) is 0 Å². The summed E-state index contributed by atoms with van der Waals surface area (Å²) in [6.07, 6.45) is 1.39. The zero-order valence-corrected chi connectivity index (χ0v) is 13.0. The normalized spacial score (nSPS) is 10.9. The van der Waals surface area contributed by atoms with E-state index >= 15 is 0 Å². The Bertz CT molecular complexity index is 902. The molecular weight excluding hydrogens is 294 g/mol. The lowest BCUT2D eigenvalue weighted by Crippen LogP contribution is -2.21. The second-order valence-corrected chi connectivity index (χ2v) is 5.04. The predicted octanol–water partition coefficient (Wildman–Crippen LogP) is 2.07. The van der Waals surface area contributed by atoms with Crippen LogP contribution in [-0.4, -0.2) is 28.3 Å². The van der Waals surface area contributed by atoms with Crippen molar-refractivity contribution >= 4 is 22.6 Å². The largest absolute Gasteiger partial charge is 0.422 e. The molecule has 7 nitrogen and oxygen atoms in total. The van der Waals surface area contributed by atoms with Crippen molar-refractivity contribution in [3.63, 3.8) is 0 Å². The van der Waals surface area contributed by atoms with Gasteiger partial charge < -0.3 is 15.1 Å². The number of hydrogen-bond donors (Lipinski definition) is 1. The lowest BCUT2D eigenvalue weighted by molar-refractivity contribution is 0.563. The number of rotatable bonds is 4. The third-order valence-electron chi connectivity index (χ3n) is 3.70. The second-order valence-electron chi connectivity index (χ2n) is 5.04. The Morgan fingerprint density at radius 1 is 1.22 bits per heavy atom. The first-order valence-corrected chi connectivity index (χ1v) is 7.40. The minimum atomic E-state index is -0.478. The third-order valence-corrected chi connectivity index (χ3v) is 3.70. The van der Waals surface area contributed by atoms with Gasteiger partial charge >= 0.3 is 5.63 Å². The minimum Gasteiger partial charge on any atom is -0.422 e. The zero-order valence-electron chi connectivity index (χ0n) is 13.0. The van der Waals surface area contributed by atoms with Crippen LogP contribution in [0.3, 0.4) is 0 Å². The summed E-state index contributed by atoms with van der Waals surface area (Å²) in [7, 11) is 0. The number of aromatic nitrogens is 3. The molecule has 7 heteroatoms. The molecule has 0 saturated carbocycles. The Balaban J connectivity index is 2.13. The molecule has 0 saturated heterocycles. The molecule has 0 aliphatic heterocycles. The number of nitrogens with two attached hydrogens (primary N) is 1. The van der Waals surface area contributed by atoms with Gasteiger partial charge in [0.1, 0.15) is 11.3 Å². The maximum atomic E-state index is 12.3. The summed E-state index contributed by atoms with van der Waals surface area (Å²) < 4.78 is 5.46. The average Bonchev–Trinajstić information content (AvgIpc) is 2.55. The van der Waals surface area contributed by atoms with Gasteiger partial charge in [-0.2, -0.15) is 5.10 Å². The lowest BCUT2D eigenvalue weighted by Gasteiger charge is -2.20. The first-order chi connectivity index (χ1) is 11.1. The lowest BCUT2D eigenvalue weighted by atomic mass is 10.1. The summed E-state index contributed by atoms with van der Waals surface area (Å²) in [5, 5.41) is 8.11. The van der Waals surface area contributed by atoms with Crippen LogP contribution in [0, 0.1) is 0 Å². The predicted molar refractivity (Wildman–Crippen MR) is 89.3 cm³/mol. The van der Waals surface area contributed by atoms with Gasteiger partial charge in [-0.3, -0.25) is 0 Å². The number of benzene rings is 1. The van der Waals surface area contributed by atoms with Crippen LogP contribution in [0.1, 0.15) is 13.8 Å². The van der Waals surface area contributed by atoms with Gasteiger partial charge in [-0.1, -0.05) is 0 Å². The average molecular weight is 311 g/mol. The fraction of sp³-hybridized carbons (Fsp3) is 0.250. The zero-order chi connectivity index (χ0) is 16.4. The monoisotopic (exact) mass is 311 g/mol. The summed E-state index contributed by atoms with van der Waals surface area (Å²) in [6.45, 7) is 5.94. The molecule has 3 aromatic rings. The van der Waals surface area contributed by atoms with E-state index in [1.807, 2.05) is 18.2 Å². The molecule has 118 valence electrons. The Labute approximate surface area is 132 Å². The van der Waals surface area contributed by atoms with Gasteiger partial charge in [-0.05, 0) is 32.0 Å². The first-order valence-electron chi connectivity index (χ1n) is 7.40. The van der Waals surface area contributed by atoms with E-state index in [4.69, 9.17) is 10.2 Å². The van der Waals surface area contributed by atoms with E-state index < -0.39 is 5.63 Å². The molecule has 0 unspecified atom stereocenters. The molecule has 0 bridgehead atoms. The fourth-order valence-electron chi connectivity index (χ4n) is 2.51. The van der Waals surface area contributed by atoms with E-state index in [9.17, 15) is 4.79 Å². The van der Waals surface area contributed by atoms with Crippen LogP contribution in [0.25, 0.3) is 22.2 Å². The molecule has 23 heavy (non-hydrogen) atoms. The molecule has 2 N–H and O–H groups in total. The van der Waals surface area contributed by atoms with Gasteiger partial charge in [-0.25, -0.2) is 9.78 Å². The number of fused-ring (bicyclic) bond motifs is 1. The van der Waals surface area contributed by atoms with E-state index in [0.717, 1.165) is 24.2 Å². The molecule has 1 aromatic carbocycles. The van der Waals surface area contributed by atoms with Crippen LogP contribution < -0.4 is 16.3 Å². The highest BCUT2D eigenvalue weighted by molar-refractivity contribution is 5.84. The maximum Gasteiger partial charge on any atom is 0.345 e. The first kappa shape index (κ1) is 15.0. The SMILES string of the molecule is CCN(CC)c1ccc2cc(-c3cnnc(N)n3)c(=O)oc2c1. The van der Waals surface area contributed by atoms with Gasteiger partial charge in [0.15, 0.2) is 0 Å². The fourth-order valence-corrected chi connectivity index (χ4v) is 2.51. The highest BCUT2D eigenvalue weighted by Crippen LogP contribution is 2.24. The molecule has 0 aliphatic rings. The van der Waals surface area contributed by atoms with Crippen molar-refractivity contribution in [2.75, 3.05) is 23.7 Å². The summed E-state index contributed by atoms with van der Waals surface area (Å²) in [5.41, 5.74) is 7.26. The Morgan fingerprint density at radius 2 is 2.00 bits per heavy atom. The van der Waals surface area contributed by atoms with Crippen molar-refractivity contribution in [3.05, 3.63) is 40.9 Å². The molecule has 0 spiro atoms. The molecule has 0 fully saturated rings. The van der Waals surface area contributed by atoms with Crippen molar-refractivity contribution < 1.29 is 4.42 Å². The number of anilines is 2. The maximum absolute atomic E-state index is 12.3. The summed E-state index contributed by atoms with van der Waals surface area (Å²) in [5.74, 6) is 0.0129. The summed E-state index contributed by atoms with van der Waals surface area (Å²) >= 11 is 0. The molecule has 2 heterocycles. The second kappa shape index (κ2) is 6.04. The van der Waals surface area contributed by atoms with Gasteiger partial charge in [0.25, 0.3) is 0 Å².